The lowest BCUT2D eigenvalue weighted by Crippen LogP contribution is -2.22. The van der Waals surface area contributed by atoms with Crippen LogP contribution in [0.15, 0.2) is 23.8 Å². The summed E-state index contributed by atoms with van der Waals surface area (Å²) in [5, 5.41) is 16.8. The van der Waals surface area contributed by atoms with E-state index >= 15 is 0 Å². The molecule has 0 radical (unpaired) electrons. The molecule has 0 saturated heterocycles. The number of aliphatic hydroxyl groups is 1. The molecule has 0 aliphatic heterocycles. The number of aromatic nitrogens is 2. The van der Waals surface area contributed by atoms with Crippen LogP contribution in [0, 0.1) is 0 Å². The molecule has 0 amide bonds. The van der Waals surface area contributed by atoms with E-state index in [9.17, 15) is 5.11 Å². The predicted octanol–water partition coefficient (Wildman–Crippen LogP) is 2.90. The molecule has 3 nitrogen and oxygen atoms in total. The van der Waals surface area contributed by atoms with E-state index in [2.05, 4.69) is 16.5 Å². The second kappa shape index (κ2) is 5.47. The molecule has 1 aliphatic rings. The van der Waals surface area contributed by atoms with Gasteiger partial charge in [-0.1, -0.05) is 0 Å². The number of aryl methyl sites for hydroxylation is 3. The van der Waals surface area contributed by atoms with Crippen LogP contribution in [0.5, 0.6) is 0 Å². The second-order valence-corrected chi connectivity index (χ2v) is 6.43. The van der Waals surface area contributed by atoms with E-state index in [1.165, 1.54) is 28.8 Å². The molecule has 1 aliphatic carbocycles. The van der Waals surface area contributed by atoms with Crippen molar-refractivity contribution in [1.29, 1.82) is 0 Å². The monoisotopic (exact) mass is 276 g/mol. The largest absolute Gasteiger partial charge is 0.392 e. The first-order valence-corrected chi connectivity index (χ1v) is 7.84. The lowest BCUT2D eigenvalue weighted by molar-refractivity contribution is 0.126. The first-order valence-electron chi connectivity index (χ1n) is 6.96. The maximum atomic E-state index is 10.5. The third kappa shape index (κ3) is 2.74. The first-order chi connectivity index (χ1) is 9.24. The van der Waals surface area contributed by atoms with E-state index in [-0.39, 0.29) is 6.10 Å². The Labute approximate surface area is 117 Å². The zero-order chi connectivity index (χ0) is 13.2. The number of thiophene rings is 1. The topological polar surface area (TPSA) is 38.0 Å². The van der Waals surface area contributed by atoms with Gasteiger partial charge in [-0.25, -0.2) is 0 Å². The third-order valence-electron chi connectivity index (χ3n) is 4.05. The molecule has 2 unspecified atom stereocenters. The maximum absolute atomic E-state index is 10.5. The van der Waals surface area contributed by atoms with Crippen LogP contribution in [-0.2, 0) is 19.9 Å². The average molecular weight is 276 g/mol. The number of fused-ring (bicyclic) bond motifs is 1. The van der Waals surface area contributed by atoms with Crippen LogP contribution < -0.4 is 0 Å². The van der Waals surface area contributed by atoms with Crippen LogP contribution in [0.3, 0.4) is 0 Å². The van der Waals surface area contributed by atoms with Gasteiger partial charge < -0.3 is 5.11 Å². The summed E-state index contributed by atoms with van der Waals surface area (Å²) in [6.45, 7) is 0. The van der Waals surface area contributed by atoms with E-state index in [1.807, 2.05) is 35.5 Å². The zero-order valence-electron chi connectivity index (χ0n) is 11.2. The molecule has 0 spiro atoms. The molecule has 2 aromatic heterocycles. The summed E-state index contributed by atoms with van der Waals surface area (Å²) in [4.78, 5) is 1.48. The minimum absolute atomic E-state index is 0.228. The average Bonchev–Trinajstić information content (AvgIpc) is 3.03. The molecule has 19 heavy (non-hydrogen) atoms. The van der Waals surface area contributed by atoms with Gasteiger partial charge in [-0.2, -0.15) is 5.10 Å². The first kappa shape index (κ1) is 12.9. The molecule has 4 heteroatoms. The number of hydrogen-bond donors (Lipinski definition) is 1. The van der Waals surface area contributed by atoms with Crippen molar-refractivity contribution in [1.82, 2.24) is 9.78 Å². The van der Waals surface area contributed by atoms with E-state index < -0.39 is 0 Å². The molecule has 102 valence electrons. The molecule has 0 saturated carbocycles. The summed E-state index contributed by atoms with van der Waals surface area (Å²) in [5.74, 6) is 0.340. The Morgan fingerprint density at radius 1 is 1.58 bits per heavy atom. The molecular formula is C15H20N2OS. The van der Waals surface area contributed by atoms with E-state index in [0.29, 0.717) is 5.92 Å². The Kier molecular flexibility index (Phi) is 3.71. The van der Waals surface area contributed by atoms with Crippen molar-refractivity contribution in [2.24, 2.45) is 7.05 Å². The summed E-state index contributed by atoms with van der Waals surface area (Å²) in [6.07, 6.45) is 8.96. The van der Waals surface area contributed by atoms with E-state index in [1.54, 1.807) is 0 Å². The number of rotatable bonds is 4. The lowest BCUT2D eigenvalue weighted by atomic mass is 9.82. The summed E-state index contributed by atoms with van der Waals surface area (Å²) in [5.41, 5.74) is 2.61. The zero-order valence-corrected chi connectivity index (χ0v) is 12.1. The molecule has 2 atom stereocenters. The summed E-state index contributed by atoms with van der Waals surface area (Å²) >= 11 is 1.84. The fraction of sp³-hybridized carbons (Fsp3) is 0.533. The second-order valence-electron chi connectivity index (χ2n) is 5.43. The summed E-state index contributed by atoms with van der Waals surface area (Å²) in [6, 6.07) is 2.21. The van der Waals surface area contributed by atoms with Crippen LogP contribution in [0.1, 0.15) is 41.2 Å². The maximum Gasteiger partial charge on any atom is 0.0612 e. The molecule has 0 bridgehead atoms. The Bertz CT molecular complexity index is 546. The Morgan fingerprint density at radius 2 is 2.47 bits per heavy atom. The highest BCUT2D eigenvalue weighted by molar-refractivity contribution is 7.10. The highest BCUT2D eigenvalue weighted by Crippen LogP contribution is 2.37. The smallest absolute Gasteiger partial charge is 0.0612 e. The van der Waals surface area contributed by atoms with Gasteiger partial charge in [0.15, 0.2) is 0 Å². The van der Waals surface area contributed by atoms with Gasteiger partial charge in [-0.05, 0) is 54.7 Å². The van der Waals surface area contributed by atoms with Crippen LogP contribution in [0.25, 0.3) is 0 Å². The normalized spacial score (nSPS) is 20.2. The van der Waals surface area contributed by atoms with Gasteiger partial charge in [0.1, 0.15) is 0 Å². The molecule has 2 heterocycles. The van der Waals surface area contributed by atoms with Crippen LogP contribution >= 0.6 is 11.3 Å². The predicted molar refractivity (Wildman–Crippen MR) is 77.5 cm³/mol. The SMILES string of the molecule is Cn1cc(CCC(O)C2CCCc3sccc32)cn1. The van der Waals surface area contributed by atoms with Crippen LogP contribution in [0.4, 0.5) is 0 Å². The quantitative estimate of drug-likeness (QED) is 0.932. The standard InChI is InChI=1S/C15H20N2OS/c1-17-10-11(9-16-17)5-6-14(18)12-3-2-4-15-13(12)7-8-19-15/h7-10,12,14,18H,2-6H2,1H3. The van der Waals surface area contributed by atoms with Gasteiger partial charge in [0.2, 0.25) is 0 Å². The Balaban J connectivity index is 1.64. The van der Waals surface area contributed by atoms with Crippen molar-refractivity contribution in [2.75, 3.05) is 0 Å². The van der Waals surface area contributed by atoms with Gasteiger partial charge >= 0.3 is 0 Å². The van der Waals surface area contributed by atoms with Crippen LogP contribution in [0.2, 0.25) is 0 Å². The Hall–Kier alpha value is -1.13. The summed E-state index contributed by atoms with van der Waals surface area (Å²) in [7, 11) is 1.93. The van der Waals surface area contributed by atoms with E-state index in [4.69, 9.17) is 0 Å². The molecule has 0 fully saturated rings. The molecule has 3 rings (SSSR count). The Morgan fingerprint density at radius 3 is 3.26 bits per heavy atom. The van der Waals surface area contributed by atoms with Gasteiger partial charge in [0.05, 0.1) is 12.3 Å². The third-order valence-corrected chi connectivity index (χ3v) is 5.05. The minimum Gasteiger partial charge on any atom is -0.392 e. The molecule has 0 aromatic carbocycles. The van der Waals surface area contributed by atoms with Crippen molar-refractivity contribution in [3.63, 3.8) is 0 Å². The lowest BCUT2D eigenvalue weighted by Gasteiger charge is -2.27. The van der Waals surface area contributed by atoms with Gasteiger partial charge in [0, 0.05) is 24.0 Å². The number of nitrogens with zero attached hydrogens (tertiary/aromatic N) is 2. The van der Waals surface area contributed by atoms with Crippen LogP contribution in [-0.4, -0.2) is 21.0 Å². The minimum atomic E-state index is -0.228. The fourth-order valence-corrected chi connectivity index (χ4v) is 4.04. The van der Waals surface area contributed by atoms with Crippen molar-refractivity contribution in [3.8, 4) is 0 Å². The molecular weight excluding hydrogens is 256 g/mol. The van der Waals surface area contributed by atoms with Crippen molar-refractivity contribution in [2.45, 2.75) is 44.1 Å². The van der Waals surface area contributed by atoms with E-state index in [0.717, 1.165) is 19.3 Å². The van der Waals surface area contributed by atoms with Crippen molar-refractivity contribution < 1.29 is 5.11 Å². The highest BCUT2D eigenvalue weighted by Gasteiger charge is 2.27. The number of aliphatic hydroxyl groups excluding tert-OH is 1. The van der Waals surface area contributed by atoms with Gasteiger partial charge in [-0.15, -0.1) is 11.3 Å². The van der Waals surface area contributed by atoms with Crippen molar-refractivity contribution in [3.05, 3.63) is 39.8 Å². The van der Waals surface area contributed by atoms with Crippen molar-refractivity contribution >= 4 is 11.3 Å². The summed E-state index contributed by atoms with van der Waals surface area (Å²) < 4.78 is 1.82. The van der Waals surface area contributed by atoms with Gasteiger partial charge in [0.25, 0.3) is 0 Å². The molecule has 2 aromatic rings. The van der Waals surface area contributed by atoms with Gasteiger partial charge in [-0.3, -0.25) is 4.68 Å². The fourth-order valence-electron chi connectivity index (χ4n) is 3.04. The molecule has 1 N–H and O–H groups in total. The highest BCUT2D eigenvalue weighted by atomic mass is 32.1. The number of hydrogen-bond acceptors (Lipinski definition) is 3.